The molecule has 2 aromatic rings. The lowest BCUT2D eigenvalue weighted by atomic mass is 9.96. The van der Waals surface area contributed by atoms with Crippen LogP contribution in [0, 0.1) is 5.41 Å². The molecule has 0 aliphatic carbocycles. The highest BCUT2D eigenvalue weighted by molar-refractivity contribution is 5.96. The molecule has 0 unspecified atom stereocenters. The molecule has 3 N–H and O–H groups in total. The van der Waals surface area contributed by atoms with Crippen LogP contribution >= 0.6 is 0 Å². The molecule has 1 aliphatic rings. The second kappa shape index (κ2) is 14.2. The van der Waals surface area contributed by atoms with Crippen LogP contribution < -0.4 is 24.8 Å². The van der Waals surface area contributed by atoms with E-state index in [0.717, 1.165) is 18.7 Å². The Morgan fingerprint density at radius 3 is 2.34 bits per heavy atom. The summed E-state index contributed by atoms with van der Waals surface area (Å²) in [6, 6.07) is 12.0. The zero-order chi connectivity index (χ0) is 27.5. The fourth-order valence-electron chi connectivity index (χ4n) is 4.27. The van der Waals surface area contributed by atoms with Crippen LogP contribution in [0.4, 0.5) is 0 Å². The SMILES string of the molecule is COc1ccc(C(=O)CCCCCC(=O)N[C@H](CNCC(C)(C)C)[C@H](O)c2ccc3c(c2)OCCO3)cc1. The second-order valence-electron chi connectivity index (χ2n) is 10.9. The number of hydrogen-bond donors (Lipinski definition) is 3. The molecule has 0 spiro atoms. The Kier molecular flexibility index (Phi) is 11.0. The van der Waals surface area contributed by atoms with Crippen LogP contribution in [0.25, 0.3) is 0 Å². The molecule has 8 heteroatoms. The van der Waals surface area contributed by atoms with Crippen molar-refractivity contribution in [3.8, 4) is 17.2 Å². The number of ketones is 1. The number of fused-ring (bicyclic) bond motifs is 1. The van der Waals surface area contributed by atoms with Crippen LogP contribution in [0.3, 0.4) is 0 Å². The molecule has 2 atom stereocenters. The average Bonchev–Trinajstić information content (AvgIpc) is 2.91. The van der Waals surface area contributed by atoms with Crippen molar-refractivity contribution in [2.24, 2.45) is 5.41 Å². The molecule has 0 fully saturated rings. The van der Waals surface area contributed by atoms with E-state index >= 15 is 0 Å². The van der Waals surface area contributed by atoms with E-state index in [1.807, 2.05) is 0 Å². The lowest BCUT2D eigenvalue weighted by molar-refractivity contribution is -0.122. The van der Waals surface area contributed by atoms with Crippen LogP contribution in [-0.2, 0) is 4.79 Å². The molecule has 1 amide bonds. The Labute approximate surface area is 226 Å². The third kappa shape index (κ3) is 9.33. The number of unbranched alkanes of at least 4 members (excludes halogenated alkanes) is 2. The van der Waals surface area contributed by atoms with Crippen LogP contribution in [-0.4, -0.2) is 56.3 Å². The van der Waals surface area contributed by atoms with Crippen LogP contribution in [0.5, 0.6) is 17.2 Å². The number of ether oxygens (including phenoxy) is 3. The summed E-state index contributed by atoms with van der Waals surface area (Å²) < 4.78 is 16.4. The van der Waals surface area contributed by atoms with E-state index in [0.29, 0.717) is 68.1 Å². The number of hydrogen-bond acceptors (Lipinski definition) is 7. The number of amides is 1. The van der Waals surface area contributed by atoms with Gasteiger partial charge in [0.2, 0.25) is 5.91 Å². The first kappa shape index (κ1) is 29.5. The summed E-state index contributed by atoms with van der Waals surface area (Å²) >= 11 is 0. The van der Waals surface area contributed by atoms with E-state index in [2.05, 4.69) is 31.4 Å². The molecule has 0 saturated heterocycles. The molecule has 0 saturated carbocycles. The summed E-state index contributed by atoms with van der Waals surface area (Å²) in [5.74, 6) is 1.95. The number of carbonyl (C=O) groups is 2. The molecule has 0 radical (unpaired) electrons. The molecule has 0 aromatic heterocycles. The summed E-state index contributed by atoms with van der Waals surface area (Å²) in [6.45, 7) is 8.52. The van der Waals surface area contributed by atoms with E-state index in [1.54, 1.807) is 49.6 Å². The molecule has 8 nitrogen and oxygen atoms in total. The Balaban J connectivity index is 1.49. The van der Waals surface area contributed by atoms with Crippen molar-refractivity contribution < 1.29 is 28.9 Å². The van der Waals surface area contributed by atoms with Gasteiger partial charge in [0.05, 0.1) is 13.2 Å². The van der Waals surface area contributed by atoms with Crippen molar-refractivity contribution in [2.75, 3.05) is 33.4 Å². The first-order valence-electron chi connectivity index (χ1n) is 13.4. The van der Waals surface area contributed by atoms with Gasteiger partial charge in [-0.1, -0.05) is 33.3 Å². The first-order chi connectivity index (χ1) is 18.2. The minimum Gasteiger partial charge on any atom is -0.497 e. The molecule has 208 valence electrons. The van der Waals surface area contributed by atoms with Crippen molar-refractivity contribution in [3.63, 3.8) is 0 Å². The van der Waals surface area contributed by atoms with Gasteiger partial charge >= 0.3 is 0 Å². The minimum absolute atomic E-state index is 0.0692. The van der Waals surface area contributed by atoms with E-state index in [-0.39, 0.29) is 17.1 Å². The Hall–Kier alpha value is -3.10. The van der Waals surface area contributed by atoms with Crippen LogP contribution in [0.1, 0.15) is 74.9 Å². The number of rotatable bonds is 14. The lowest BCUT2D eigenvalue weighted by Crippen LogP contribution is -2.47. The Bertz CT molecular complexity index is 1050. The van der Waals surface area contributed by atoms with E-state index in [4.69, 9.17) is 14.2 Å². The molecule has 3 rings (SSSR count). The maximum atomic E-state index is 12.8. The molecule has 1 heterocycles. The molecule has 38 heavy (non-hydrogen) atoms. The highest BCUT2D eigenvalue weighted by Gasteiger charge is 2.25. The van der Waals surface area contributed by atoms with E-state index < -0.39 is 12.1 Å². The predicted molar refractivity (Wildman–Crippen MR) is 147 cm³/mol. The standard InChI is InChI=1S/C30H42N2O6/c1-30(2,3)20-31-19-24(29(35)22-12-15-26-27(18-22)38-17-16-37-26)32-28(34)9-7-5-6-8-25(33)21-10-13-23(36-4)14-11-21/h10-15,18,24,29,31,35H,5-9,16-17,19-20H2,1-4H3,(H,32,34)/t24-,29-/m1/s1. The molecule has 0 bridgehead atoms. The lowest BCUT2D eigenvalue weighted by Gasteiger charge is -2.28. The number of aliphatic hydroxyl groups is 1. The maximum absolute atomic E-state index is 12.8. The van der Waals surface area contributed by atoms with Crippen molar-refractivity contribution in [3.05, 3.63) is 53.6 Å². The summed E-state index contributed by atoms with van der Waals surface area (Å²) in [7, 11) is 1.59. The van der Waals surface area contributed by atoms with Gasteiger partial charge in [-0.3, -0.25) is 9.59 Å². The van der Waals surface area contributed by atoms with Crippen LogP contribution in [0.15, 0.2) is 42.5 Å². The van der Waals surface area contributed by atoms with E-state index in [1.165, 1.54) is 0 Å². The second-order valence-corrected chi connectivity index (χ2v) is 10.9. The highest BCUT2D eigenvalue weighted by atomic mass is 16.6. The first-order valence-corrected chi connectivity index (χ1v) is 13.4. The summed E-state index contributed by atoms with van der Waals surface area (Å²) in [6.07, 6.45) is 2.02. The fourth-order valence-corrected chi connectivity index (χ4v) is 4.27. The van der Waals surface area contributed by atoms with Gasteiger partial charge in [-0.2, -0.15) is 0 Å². The fraction of sp³-hybridized carbons (Fsp3) is 0.533. The zero-order valence-corrected chi connectivity index (χ0v) is 23.0. The number of Topliss-reactive ketones (excluding diaryl/α,β-unsaturated/α-hetero) is 1. The van der Waals surface area contributed by atoms with Crippen molar-refractivity contribution >= 4 is 11.7 Å². The van der Waals surface area contributed by atoms with Gasteiger partial charge < -0.3 is 30.0 Å². The van der Waals surface area contributed by atoms with Gasteiger partial charge in [0, 0.05) is 31.5 Å². The third-order valence-corrected chi connectivity index (χ3v) is 6.37. The monoisotopic (exact) mass is 526 g/mol. The minimum atomic E-state index is -0.913. The molecule has 2 aromatic carbocycles. The topological polar surface area (TPSA) is 106 Å². The largest absolute Gasteiger partial charge is 0.497 e. The quantitative estimate of drug-likeness (QED) is 0.247. The molecular weight excluding hydrogens is 484 g/mol. The van der Waals surface area contributed by atoms with Gasteiger partial charge in [0.25, 0.3) is 0 Å². The maximum Gasteiger partial charge on any atom is 0.220 e. The van der Waals surface area contributed by atoms with Gasteiger partial charge in [-0.15, -0.1) is 0 Å². The number of carbonyl (C=O) groups excluding carboxylic acids is 2. The summed E-state index contributed by atoms with van der Waals surface area (Å²) in [4.78, 5) is 25.2. The van der Waals surface area contributed by atoms with Gasteiger partial charge in [0.15, 0.2) is 17.3 Å². The predicted octanol–water partition coefficient (Wildman–Crippen LogP) is 4.45. The summed E-state index contributed by atoms with van der Waals surface area (Å²) in [5.41, 5.74) is 1.40. The van der Waals surface area contributed by atoms with Gasteiger partial charge in [0.1, 0.15) is 25.1 Å². The van der Waals surface area contributed by atoms with Crippen LogP contribution in [0.2, 0.25) is 0 Å². The van der Waals surface area contributed by atoms with Crippen molar-refractivity contribution in [1.82, 2.24) is 10.6 Å². The molecular formula is C30H42N2O6. The zero-order valence-electron chi connectivity index (χ0n) is 23.0. The Morgan fingerprint density at radius 2 is 1.66 bits per heavy atom. The smallest absolute Gasteiger partial charge is 0.220 e. The molecule has 1 aliphatic heterocycles. The number of nitrogens with one attached hydrogen (secondary N) is 2. The summed E-state index contributed by atoms with van der Waals surface area (Å²) in [5, 5.41) is 17.6. The van der Waals surface area contributed by atoms with Gasteiger partial charge in [-0.25, -0.2) is 0 Å². The van der Waals surface area contributed by atoms with E-state index in [9.17, 15) is 14.7 Å². The number of methoxy groups -OCH3 is 1. The number of benzene rings is 2. The highest BCUT2D eigenvalue weighted by Crippen LogP contribution is 2.33. The van der Waals surface area contributed by atoms with Crippen molar-refractivity contribution in [1.29, 1.82) is 0 Å². The van der Waals surface area contributed by atoms with Gasteiger partial charge in [-0.05, 0) is 60.2 Å². The van der Waals surface area contributed by atoms with Crippen molar-refractivity contribution in [2.45, 2.75) is 65.0 Å². The Morgan fingerprint density at radius 1 is 0.974 bits per heavy atom. The normalized spacial score (nSPS) is 14.4. The number of aliphatic hydroxyl groups excluding tert-OH is 1. The average molecular weight is 527 g/mol. The third-order valence-electron chi connectivity index (χ3n) is 6.37.